The summed E-state index contributed by atoms with van der Waals surface area (Å²) in [6, 6.07) is 7.65. The molecule has 0 bridgehead atoms. The van der Waals surface area contributed by atoms with Crippen LogP contribution in [-0.4, -0.2) is 15.0 Å². The predicted molar refractivity (Wildman–Crippen MR) is 106 cm³/mol. The Balaban J connectivity index is 2.48. The van der Waals surface area contributed by atoms with Gasteiger partial charge in [0, 0.05) is 12.0 Å². The van der Waals surface area contributed by atoms with Crippen LogP contribution in [0.15, 0.2) is 46.1 Å². The first-order valence-corrected chi connectivity index (χ1v) is 12.5. The lowest BCUT2D eigenvalue weighted by Crippen LogP contribution is -2.34. The maximum atomic E-state index is 13.0. The standard InChI is InChI=1S/C16H21NO2S4/c1-4-14-5-7-15(8-6-14)17(11-13(2)3)23(18,19)16-9-10-22(20,21)12-16/h5-10,12-13H,4,11H2,1-3H3. The van der Waals surface area contributed by atoms with E-state index in [9.17, 15) is 8.42 Å². The zero-order valence-corrected chi connectivity index (χ0v) is 16.7. The number of rotatable bonds is 6. The number of sulfonamides is 1. The van der Waals surface area contributed by atoms with Crippen LogP contribution in [0.2, 0.25) is 0 Å². The fourth-order valence-corrected chi connectivity index (χ4v) is 6.80. The quantitative estimate of drug-likeness (QED) is 0.749. The van der Waals surface area contributed by atoms with Crippen molar-refractivity contribution >= 4 is 45.2 Å². The van der Waals surface area contributed by atoms with Crippen LogP contribution in [0.5, 0.6) is 0 Å². The predicted octanol–water partition coefficient (Wildman–Crippen LogP) is 3.49. The zero-order valence-electron chi connectivity index (χ0n) is 13.4. The van der Waals surface area contributed by atoms with Crippen LogP contribution in [0, 0.1) is 5.92 Å². The third-order valence-corrected chi connectivity index (χ3v) is 7.73. The lowest BCUT2D eigenvalue weighted by molar-refractivity contribution is 0.584. The highest BCUT2D eigenvalue weighted by molar-refractivity contribution is 8.59. The highest BCUT2D eigenvalue weighted by atomic mass is 33.1. The lowest BCUT2D eigenvalue weighted by atomic mass is 10.1. The number of hydrogen-bond acceptors (Lipinski definition) is 4. The number of nitrogens with zero attached hydrogens (tertiary/aromatic N) is 1. The van der Waals surface area contributed by atoms with Gasteiger partial charge in [-0.05, 0) is 71.0 Å². The van der Waals surface area contributed by atoms with Crippen LogP contribution in [0.3, 0.4) is 0 Å². The fraction of sp³-hybridized carbons (Fsp3) is 0.375. The summed E-state index contributed by atoms with van der Waals surface area (Å²) in [6.07, 6.45) is 2.47. The molecule has 1 aromatic carbocycles. The van der Waals surface area contributed by atoms with Gasteiger partial charge in [-0.1, -0.05) is 32.9 Å². The van der Waals surface area contributed by atoms with E-state index < -0.39 is 17.2 Å². The molecule has 1 aromatic rings. The summed E-state index contributed by atoms with van der Waals surface area (Å²) < 4.78 is 27.5. The molecule has 0 radical (unpaired) electrons. The molecule has 23 heavy (non-hydrogen) atoms. The Morgan fingerprint density at radius 3 is 2.22 bits per heavy atom. The van der Waals surface area contributed by atoms with E-state index in [2.05, 4.69) is 6.92 Å². The molecule has 126 valence electrons. The highest BCUT2D eigenvalue weighted by Gasteiger charge is 2.28. The second-order valence-corrected chi connectivity index (χ2v) is 13.4. The van der Waals surface area contributed by atoms with Gasteiger partial charge in [-0.15, -0.1) is 0 Å². The van der Waals surface area contributed by atoms with Crippen LogP contribution < -0.4 is 4.31 Å². The van der Waals surface area contributed by atoms with E-state index in [4.69, 9.17) is 22.4 Å². The fourth-order valence-electron chi connectivity index (χ4n) is 2.25. The van der Waals surface area contributed by atoms with Crippen molar-refractivity contribution in [2.45, 2.75) is 27.2 Å². The van der Waals surface area contributed by atoms with Gasteiger partial charge in [-0.3, -0.25) is 4.31 Å². The van der Waals surface area contributed by atoms with E-state index in [1.807, 2.05) is 38.1 Å². The molecule has 0 aliphatic carbocycles. The maximum Gasteiger partial charge on any atom is 0.264 e. The molecule has 0 saturated carbocycles. The second-order valence-electron chi connectivity index (χ2n) is 5.86. The number of anilines is 1. The summed E-state index contributed by atoms with van der Waals surface area (Å²) in [4.78, 5) is 0.220. The summed E-state index contributed by atoms with van der Waals surface area (Å²) >= 11 is 10.5. The molecule has 0 N–H and O–H groups in total. The summed E-state index contributed by atoms with van der Waals surface area (Å²) in [6.45, 7) is 6.48. The Bertz CT molecular complexity index is 833. The zero-order chi connectivity index (χ0) is 17.3. The molecule has 3 nitrogen and oxygen atoms in total. The van der Waals surface area contributed by atoms with Gasteiger partial charge in [-0.2, -0.15) is 0 Å². The molecule has 7 heteroatoms. The van der Waals surface area contributed by atoms with E-state index in [-0.39, 0.29) is 10.8 Å². The van der Waals surface area contributed by atoms with Crippen LogP contribution in [0.1, 0.15) is 26.3 Å². The molecule has 1 aliphatic rings. The van der Waals surface area contributed by atoms with Crippen LogP contribution in [0.4, 0.5) is 5.69 Å². The largest absolute Gasteiger partial charge is 0.266 e. The van der Waals surface area contributed by atoms with Crippen molar-refractivity contribution in [1.29, 1.82) is 0 Å². The number of aryl methyl sites for hydroxylation is 1. The van der Waals surface area contributed by atoms with Gasteiger partial charge >= 0.3 is 0 Å². The van der Waals surface area contributed by atoms with Gasteiger partial charge in [-0.25, -0.2) is 8.42 Å². The van der Waals surface area contributed by atoms with Crippen molar-refractivity contribution in [1.82, 2.24) is 0 Å². The molecule has 0 unspecified atom stereocenters. The van der Waals surface area contributed by atoms with E-state index in [1.165, 1.54) is 9.87 Å². The Labute approximate surface area is 148 Å². The molecular formula is C16H21NO2S4. The Morgan fingerprint density at radius 1 is 1.17 bits per heavy atom. The summed E-state index contributed by atoms with van der Waals surface area (Å²) in [7, 11) is -5.56. The second kappa shape index (κ2) is 7.01. The van der Waals surface area contributed by atoms with Crippen LogP contribution in [0.25, 0.3) is 0 Å². The molecule has 0 atom stereocenters. The van der Waals surface area contributed by atoms with Gasteiger partial charge in [0.2, 0.25) is 0 Å². The monoisotopic (exact) mass is 387 g/mol. The van der Waals surface area contributed by atoms with E-state index in [0.29, 0.717) is 12.2 Å². The number of hydrogen-bond donors (Lipinski definition) is 0. The maximum absolute atomic E-state index is 13.0. The molecular weight excluding hydrogens is 366 g/mol. The van der Waals surface area contributed by atoms with Gasteiger partial charge in [0.1, 0.15) is 0 Å². The topological polar surface area (TPSA) is 37.4 Å². The summed E-state index contributed by atoms with van der Waals surface area (Å²) in [5.74, 6) is 0.200. The van der Waals surface area contributed by atoms with Gasteiger partial charge in [0.25, 0.3) is 10.0 Å². The smallest absolute Gasteiger partial charge is 0.264 e. The molecule has 1 heterocycles. The Hall–Kier alpha value is -0.760. The first-order valence-electron chi connectivity index (χ1n) is 7.42. The molecule has 1 aliphatic heterocycles. The van der Waals surface area contributed by atoms with Crippen molar-refractivity contribution in [2.24, 2.45) is 5.92 Å². The molecule has 2 rings (SSSR count). The van der Waals surface area contributed by atoms with Crippen LogP contribution in [-0.2, 0) is 46.0 Å². The van der Waals surface area contributed by atoms with E-state index in [0.717, 1.165) is 6.42 Å². The molecule has 0 fully saturated rings. The molecule has 0 saturated heterocycles. The first kappa shape index (κ1) is 18.6. The van der Waals surface area contributed by atoms with Crippen LogP contribution >= 0.6 is 0 Å². The normalized spacial score (nSPS) is 16.6. The summed E-state index contributed by atoms with van der Waals surface area (Å²) in [5.41, 5.74) is 1.85. The van der Waals surface area contributed by atoms with Gasteiger partial charge in [0.15, 0.2) is 0 Å². The van der Waals surface area contributed by atoms with Crippen molar-refractivity contribution in [3.05, 3.63) is 51.6 Å². The molecule has 0 aromatic heterocycles. The average Bonchev–Trinajstić information content (AvgIpc) is 2.85. The third-order valence-electron chi connectivity index (χ3n) is 3.45. The molecule has 0 amide bonds. The minimum Gasteiger partial charge on any atom is -0.266 e. The molecule has 0 spiro atoms. The SMILES string of the molecule is CCc1ccc(N(CC(C)C)S(=O)(=O)C2=CS(=S)(=S)C=C2)cc1. The summed E-state index contributed by atoms with van der Waals surface area (Å²) in [5, 5.41) is 3.19. The number of allylic oxidation sites excluding steroid dienone is 1. The lowest BCUT2D eigenvalue weighted by Gasteiger charge is -2.26. The van der Waals surface area contributed by atoms with Crippen molar-refractivity contribution < 1.29 is 8.42 Å². The minimum atomic E-state index is -3.64. The van der Waals surface area contributed by atoms with Crippen molar-refractivity contribution in [2.75, 3.05) is 10.8 Å². The Morgan fingerprint density at radius 2 is 1.78 bits per heavy atom. The first-order chi connectivity index (χ1) is 10.7. The minimum absolute atomic E-state index is 0.200. The average molecular weight is 388 g/mol. The van der Waals surface area contributed by atoms with Gasteiger partial charge < -0.3 is 0 Å². The Kier molecular flexibility index (Phi) is 5.66. The van der Waals surface area contributed by atoms with Gasteiger partial charge in [0.05, 0.1) is 10.6 Å². The van der Waals surface area contributed by atoms with E-state index in [1.54, 1.807) is 16.9 Å². The van der Waals surface area contributed by atoms with Crippen molar-refractivity contribution in [3.8, 4) is 0 Å². The third kappa shape index (κ3) is 4.41. The highest BCUT2D eigenvalue weighted by Crippen LogP contribution is 2.28. The number of benzene rings is 1. The van der Waals surface area contributed by atoms with Crippen molar-refractivity contribution in [3.63, 3.8) is 0 Å². The van der Waals surface area contributed by atoms with E-state index >= 15 is 0 Å².